The molecule has 96 valence electrons. The SMILES string of the molecule is OCc1cc(Br)c(OCCc2cccs2)c(Br)c1. The Morgan fingerprint density at radius 1 is 1.22 bits per heavy atom. The zero-order valence-corrected chi connectivity index (χ0v) is 13.5. The number of hydrogen-bond donors (Lipinski definition) is 1. The minimum Gasteiger partial charge on any atom is -0.491 e. The molecule has 0 saturated carbocycles. The topological polar surface area (TPSA) is 29.5 Å². The van der Waals surface area contributed by atoms with E-state index in [1.54, 1.807) is 11.3 Å². The fourth-order valence-electron chi connectivity index (χ4n) is 1.55. The number of aliphatic hydroxyl groups is 1. The lowest BCUT2D eigenvalue weighted by Crippen LogP contribution is -2.01. The minimum atomic E-state index is 0.0205. The van der Waals surface area contributed by atoms with Crippen molar-refractivity contribution in [3.8, 4) is 5.75 Å². The van der Waals surface area contributed by atoms with E-state index in [1.165, 1.54) is 4.88 Å². The van der Waals surface area contributed by atoms with Gasteiger partial charge in [-0.2, -0.15) is 0 Å². The predicted octanol–water partition coefficient (Wildman–Crippen LogP) is 4.39. The average Bonchev–Trinajstić information content (AvgIpc) is 2.85. The highest BCUT2D eigenvalue weighted by atomic mass is 79.9. The van der Waals surface area contributed by atoms with Gasteiger partial charge in [-0.3, -0.25) is 0 Å². The standard InChI is InChI=1S/C13H12Br2O2S/c14-11-6-9(8-16)7-12(15)13(11)17-4-3-10-2-1-5-18-10/h1-2,5-7,16H,3-4,8H2. The van der Waals surface area contributed by atoms with E-state index in [1.807, 2.05) is 18.2 Å². The van der Waals surface area contributed by atoms with E-state index in [9.17, 15) is 0 Å². The Kier molecular flexibility index (Phi) is 5.24. The molecule has 1 aromatic heterocycles. The van der Waals surface area contributed by atoms with Gasteiger partial charge in [-0.05, 0) is 61.0 Å². The first-order chi connectivity index (χ1) is 8.70. The molecule has 0 atom stereocenters. The second-order valence-electron chi connectivity index (χ2n) is 3.72. The number of ether oxygens (including phenoxy) is 1. The van der Waals surface area contributed by atoms with E-state index in [0.29, 0.717) is 6.61 Å². The summed E-state index contributed by atoms with van der Waals surface area (Å²) in [6, 6.07) is 7.88. The molecule has 0 aliphatic heterocycles. The fourth-order valence-corrected chi connectivity index (χ4v) is 3.75. The van der Waals surface area contributed by atoms with Crippen LogP contribution in [0.2, 0.25) is 0 Å². The molecule has 0 bridgehead atoms. The van der Waals surface area contributed by atoms with Crippen molar-refractivity contribution in [2.24, 2.45) is 0 Å². The van der Waals surface area contributed by atoms with Crippen molar-refractivity contribution in [1.29, 1.82) is 0 Å². The van der Waals surface area contributed by atoms with Crippen LogP contribution in [-0.2, 0) is 13.0 Å². The highest BCUT2D eigenvalue weighted by Crippen LogP contribution is 2.34. The number of hydrogen-bond acceptors (Lipinski definition) is 3. The van der Waals surface area contributed by atoms with Gasteiger partial charge in [0.1, 0.15) is 5.75 Å². The summed E-state index contributed by atoms with van der Waals surface area (Å²) >= 11 is 8.64. The van der Waals surface area contributed by atoms with Crippen molar-refractivity contribution < 1.29 is 9.84 Å². The Hall–Kier alpha value is -0.360. The number of halogens is 2. The quantitative estimate of drug-likeness (QED) is 0.818. The maximum atomic E-state index is 9.10. The summed E-state index contributed by atoms with van der Waals surface area (Å²) in [5.41, 5.74) is 0.847. The minimum absolute atomic E-state index is 0.0205. The molecule has 1 N–H and O–H groups in total. The molecule has 0 aliphatic rings. The van der Waals surface area contributed by atoms with E-state index >= 15 is 0 Å². The molecule has 1 heterocycles. The molecule has 2 rings (SSSR count). The third-order valence-corrected chi connectivity index (χ3v) is 4.53. The molecule has 0 fully saturated rings. The summed E-state index contributed by atoms with van der Waals surface area (Å²) in [6.07, 6.45) is 0.901. The van der Waals surface area contributed by atoms with Gasteiger partial charge in [-0.15, -0.1) is 11.3 Å². The Labute approximate surface area is 127 Å². The van der Waals surface area contributed by atoms with Crippen LogP contribution >= 0.6 is 43.2 Å². The van der Waals surface area contributed by atoms with Crippen molar-refractivity contribution >= 4 is 43.2 Å². The predicted molar refractivity (Wildman–Crippen MR) is 81.3 cm³/mol. The molecule has 18 heavy (non-hydrogen) atoms. The van der Waals surface area contributed by atoms with Gasteiger partial charge in [0.05, 0.1) is 22.2 Å². The lowest BCUT2D eigenvalue weighted by atomic mass is 10.2. The van der Waals surface area contributed by atoms with E-state index in [2.05, 4.69) is 43.3 Å². The summed E-state index contributed by atoms with van der Waals surface area (Å²) in [5, 5.41) is 11.2. The number of rotatable bonds is 5. The van der Waals surface area contributed by atoms with Crippen molar-refractivity contribution in [2.45, 2.75) is 13.0 Å². The Morgan fingerprint density at radius 3 is 2.50 bits per heavy atom. The second-order valence-corrected chi connectivity index (χ2v) is 6.47. The maximum Gasteiger partial charge on any atom is 0.147 e. The largest absolute Gasteiger partial charge is 0.491 e. The molecule has 0 aliphatic carbocycles. The van der Waals surface area contributed by atoms with Crippen LogP contribution < -0.4 is 4.74 Å². The van der Waals surface area contributed by atoms with E-state index < -0.39 is 0 Å². The summed E-state index contributed by atoms with van der Waals surface area (Å²) < 4.78 is 7.48. The molecule has 0 spiro atoms. The van der Waals surface area contributed by atoms with Gasteiger partial charge in [-0.1, -0.05) is 6.07 Å². The number of benzene rings is 1. The summed E-state index contributed by atoms with van der Waals surface area (Å²) in [4.78, 5) is 1.31. The van der Waals surface area contributed by atoms with Gasteiger partial charge in [0.2, 0.25) is 0 Å². The van der Waals surface area contributed by atoms with Crippen LogP contribution in [0.1, 0.15) is 10.4 Å². The molecule has 2 aromatic rings. The van der Waals surface area contributed by atoms with Crippen molar-refractivity contribution in [2.75, 3.05) is 6.61 Å². The molecule has 0 radical (unpaired) electrons. The maximum absolute atomic E-state index is 9.10. The van der Waals surface area contributed by atoms with Crippen LogP contribution in [0.25, 0.3) is 0 Å². The Bertz CT molecular complexity index is 489. The molecule has 0 amide bonds. The zero-order valence-electron chi connectivity index (χ0n) is 9.53. The van der Waals surface area contributed by atoms with E-state index in [4.69, 9.17) is 9.84 Å². The first-order valence-corrected chi connectivity index (χ1v) is 7.91. The van der Waals surface area contributed by atoms with Crippen molar-refractivity contribution in [1.82, 2.24) is 0 Å². The van der Waals surface area contributed by atoms with Crippen molar-refractivity contribution in [3.63, 3.8) is 0 Å². The Balaban J connectivity index is 2.01. The van der Waals surface area contributed by atoms with Gasteiger partial charge >= 0.3 is 0 Å². The van der Waals surface area contributed by atoms with Crippen LogP contribution in [0.5, 0.6) is 5.75 Å². The normalized spacial score (nSPS) is 10.6. The first-order valence-electron chi connectivity index (χ1n) is 5.44. The van der Waals surface area contributed by atoms with E-state index in [0.717, 1.165) is 26.7 Å². The number of aliphatic hydroxyl groups excluding tert-OH is 1. The lowest BCUT2D eigenvalue weighted by molar-refractivity contribution is 0.281. The van der Waals surface area contributed by atoms with E-state index in [-0.39, 0.29) is 6.61 Å². The molecule has 2 nitrogen and oxygen atoms in total. The van der Waals surface area contributed by atoms with Crippen LogP contribution in [0, 0.1) is 0 Å². The van der Waals surface area contributed by atoms with Gasteiger partial charge in [-0.25, -0.2) is 0 Å². The Morgan fingerprint density at radius 2 is 1.94 bits per heavy atom. The average molecular weight is 392 g/mol. The van der Waals surface area contributed by atoms with Crippen LogP contribution in [-0.4, -0.2) is 11.7 Å². The highest BCUT2D eigenvalue weighted by molar-refractivity contribution is 9.11. The summed E-state index contributed by atoms with van der Waals surface area (Å²) in [5.74, 6) is 0.781. The van der Waals surface area contributed by atoms with Crippen LogP contribution in [0.3, 0.4) is 0 Å². The molecule has 5 heteroatoms. The smallest absolute Gasteiger partial charge is 0.147 e. The third-order valence-electron chi connectivity index (χ3n) is 2.42. The third kappa shape index (κ3) is 3.57. The molecule has 1 aromatic carbocycles. The second kappa shape index (κ2) is 6.70. The van der Waals surface area contributed by atoms with Gasteiger partial charge in [0, 0.05) is 11.3 Å². The van der Waals surface area contributed by atoms with Gasteiger partial charge in [0.25, 0.3) is 0 Å². The lowest BCUT2D eigenvalue weighted by Gasteiger charge is -2.11. The molecule has 0 saturated heterocycles. The monoisotopic (exact) mass is 390 g/mol. The number of thiophene rings is 1. The zero-order chi connectivity index (χ0) is 13.0. The molecule has 0 unspecified atom stereocenters. The van der Waals surface area contributed by atoms with Crippen molar-refractivity contribution in [3.05, 3.63) is 49.0 Å². The molecular formula is C13H12Br2O2S. The summed E-state index contributed by atoms with van der Waals surface area (Å²) in [6.45, 7) is 0.656. The van der Waals surface area contributed by atoms with Crippen LogP contribution in [0.15, 0.2) is 38.6 Å². The summed E-state index contributed by atoms with van der Waals surface area (Å²) in [7, 11) is 0. The van der Waals surface area contributed by atoms with Gasteiger partial charge < -0.3 is 9.84 Å². The molecular weight excluding hydrogens is 380 g/mol. The fraction of sp³-hybridized carbons (Fsp3) is 0.231. The van der Waals surface area contributed by atoms with Gasteiger partial charge in [0.15, 0.2) is 0 Å². The first kappa shape index (κ1) is 14.1. The highest BCUT2D eigenvalue weighted by Gasteiger charge is 2.08. The van der Waals surface area contributed by atoms with Crippen LogP contribution in [0.4, 0.5) is 0 Å².